The predicted octanol–water partition coefficient (Wildman–Crippen LogP) is 3.54. The molecule has 0 N–H and O–H groups in total. The smallest absolute Gasteiger partial charge is 0.315 e. The molecule has 1 aromatic carbocycles. The van der Waals surface area contributed by atoms with E-state index in [9.17, 15) is 4.79 Å². The third-order valence-corrected chi connectivity index (χ3v) is 4.26. The normalized spacial score (nSPS) is 22.5. The van der Waals surface area contributed by atoms with Gasteiger partial charge in [-0.25, -0.2) is 4.98 Å². The number of carbonyl (C=O) groups is 1. The first-order chi connectivity index (χ1) is 9.13. The van der Waals surface area contributed by atoms with Crippen molar-refractivity contribution in [1.82, 2.24) is 4.98 Å². The predicted molar refractivity (Wildman–Crippen MR) is 75.2 cm³/mol. The van der Waals surface area contributed by atoms with Crippen molar-refractivity contribution in [2.24, 2.45) is 0 Å². The first-order valence-electron chi connectivity index (χ1n) is 6.36. The second-order valence-electron chi connectivity index (χ2n) is 4.98. The van der Waals surface area contributed by atoms with Gasteiger partial charge in [0.2, 0.25) is 0 Å². The van der Waals surface area contributed by atoms with E-state index < -0.39 is 0 Å². The fourth-order valence-electron chi connectivity index (χ4n) is 2.27. The van der Waals surface area contributed by atoms with E-state index in [-0.39, 0.29) is 18.0 Å². The highest BCUT2D eigenvalue weighted by Crippen LogP contribution is 2.33. The number of hydrogen-bond donors (Lipinski definition) is 0. The zero-order chi connectivity index (χ0) is 13.4. The van der Waals surface area contributed by atoms with Gasteiger partial charge >= 0.3 is 5.97 Å². The number of thiazole rings is 1. The quantitative estimate of drug-likeness (QED) is 0.786. The van der Waals surface area contributed by atoms with Crippen molar-refractivity contribution in [3.63, 3.8) is 0 Å². The molecule has 1 aliphatic rings. The largest absolute Gasteiger partial charge is 0.462 e. The van der Waals surface area contributed by atoms with Gasteiger partial charge in [0.05, 0.1) is 5.69 Å². The van der Waals surface area contributed by atoms with E-state index in [2.05, 4.69) is 36.2 Å². The molecule has 98 valence electrons. The van der Waals surface area contributed by atoms with E-state index in [1.165, 1.54) is 5.56 Å². The summed E-state index contributed by atoms with van der Waals surface area (Å²) in [6, 6.07) is 8.27. The number of hydrogen-bond acceptors (Lipinski definition) is 4. The van der Waals surface area contributed by atoms with Crippen LogP contribution in [0.1, 0.15) is 30.5 Å². The molecule has 0 bridgehead atoms. The minimum Gasteiger partial charge on any atom is -0.462 e. The van der Waals surface area contributed by atoms with Gasteiger partial charge in [0, 0.05) is 17.4 Å². The number of rotatable bonds is 2. The van der Waals surface area contributed by atoms with Crippen LogP contribution in [-0.2, 0) is 9.53 Å². The molecular weight excluding hydrogens is 258 g/mol. The number of esters is 1. The molecule has 4 heteroatoms. The molecule has 0 radical (unpaired) electrons. The SMILES string of the molecule is Cc1ccc(-c2nc(C3CC(C)OC3=O)cs2)cc1. The monoisotopic (exact) mass is 273 g/mol. The van der Waals surface area contributed by atoms with Gasteiger partial charge in [0.25, 0.3) is 0 Å². The molecule has 1 saturated heterocycles. The van der Waals surface area contributed by atoms with Gasteiger partial charge in [-0.3, -0.25) is 4.79 Å². The highest BCUT2D eigenvalue weighted by Gasteiger charge is 2.34. The second-order valence-corrected chi connectivity index (χ2v) is 5.84. The average Bonchev–Trinajstić information content (AvgIpc) is 2.97. The highest BCUT2D eigenvalue weighted by molar-refractivity contribution is 7.13. The summed E-state index contributed by atoms with van der Waals surface area (Å²) in [5.74, 6) is -0.335. The molecule has 0 spiro atoms. The molecule has 0 saturated carbocycles. The van der Waals surface area contributed by atoms with Gasteiger partial charge < -0.3 is 4.74 Å². The standard InChI is InChI=1S/C15H15NO2S/c1-9-3-5-11(6-4-9)14-16-13(8-19-14)12-7-10(2)18-15(12)17/h3-6,8,10,12H,7H2,1-2H3. The zero-order valence-corrected chi connectivity index (χ0v) is 11.7. The molecule has 0 aliphatic carbocycles. The third kappa shape index (κ3) is 2.40. The summed E-state index contributed by atoms with van der Waals surface area (Å²) >= 11 is 1.58. The van der Waals surface area contributed by atoms with Crippen LogP contribution in [0.5, 0.6) is 0 Å². The van der Waals surface area contributed by atoms with E-state index in [4.69, 9.17) is 4.74 Å². The van der Waals surface area contributed by atoms with Crippen LogP contribution < -0.4 is 0 Å². The van der Waals surface area contributed by atoms with Crippen LogP contribution in [0.4, 0.5) is 0 Å². The van der Waals surface area contributed by atoms with Gasteiger partial charge in [-0.1, -0.05) is 29.8 Å². The summed E-state index contributed by atoms with van der Waals surface area (Å²) in [7, 11) is 0. The van der Waals surface area contributed by atoms with E-state index >= 15 is 0 Å². The van der Waals surface area contributed by atoms with Gasteiger partial charge in [-0.2, -0.15) is 0 Å². The number of carbonyl (C=O) groups excluding carboxylic acids is 1. The van der Waals surface area contributed by atoms with Crippen LogP contribution in [0.15, 0.2) is 29.6 Å². The lowest BCUT2D eigenvalue weighted by Gasteiger charge is -2.00. The summed E-state index contributed by atoms with van der Waals surface area (Å²) in [5, 5.41) is 2.93. The summed E-state index contributed by atoms with van der Waals surface area (Å²) in [6.45, 7) is 3.98. The van der Waals surface area contributed by atoms with Gasteiger partial charge in [-0.05, 0) is 13.8 Å². The molecule has 19 heavy (non-hydrogen) atoms. The number of aryl methyl sites for hydroxylation is 1. The first-order valence-corrected chi connectivity index (χ1v) is 7.24. The fraction of sp³-hybridized carbons (Fsp3) is 0.333. The first kappa shape index (κ1) is 12.4. The van der Waals surface area contributed by atoms with Crippen LogP contribution in [0.2, 0.25) is 0 Å². The van der Waals surface area contributed by atoms with Crippen LogP contribution >= 0.6 is 11.3 Å². The molecule has 3 rings (SSSR count). The zero-order valence-electron chi connectivity index (χ0n) is 10.9. The summed E-state index contributed by atoms with van der Waals surface area (Å²) in [6.07, 6.45) is 0.734. The minimum absolute atomic E-state index is 0.00187. The van der Waals surface area contributed by atoms with Crippen molar-refractivity contribution in [3.05, 3.63) is 40.9 Å². The molecule has 2 aromatic rings. The Labute approximate surface area is 116 Å². The van der Waals surface area contributed by atoms with Crippen LogP contribution in [0, 0.1) is 6.92 Å². The van der Waals surface area contributed by atoms with E-state index in [0.29, 0.717) is 0 Å². The Balaban J connectivity index is 1.87. The molecule has 2 heterocycles. The Bertz CT molecular complexity index is 603. The lowest BCUT2D eigenvalue weighted by atomic mass is 10.0. The van der Waals surface area contributed by atoms with Crippen molar-refractivity contribution in [2.45, 2.75) is 32.3 Å². The van der Waals surface area contributed by atoms with Gasteiger partial charge in [0.15, 0.2) is 0 Å². The molecular formula is C15H15NO2S. The van der Waals surface area contributed by atoms with Crippen LogP contribution in [0.25, 0.3) is 10.6 Å². The van der Waals surface area contributed by atoms with Crippen molar-refractivity contribution < 1.29 is 9.53 Å². The fourth-order valence-corrected chi connectivity index (χ4v) is 3.15. The van der Waals surface area contributed by atoms with Crippen LogP contribution in [-0.4, -0.2) is 17.1 Å². The third-order valence-electron chi connectivity index (χ3n) is 3.35. The molecule has 2 unspecified atom stereocenters. The summed E-state index contributed by atoms with van der Waals surface area (Å²) < 4.78 is 5.18. The molecule has 1 aliphatic heterocycles. The molecule has 3 nitrogen and oxygen atoms in total. The van der Waals surface area contributed by atoms with E-state index in [0.717, 1.165) is 22.7 Å². The molecule has 1 fully saturated rings. The highest BCUT2D eigenvalue weighted by atomic mass is 32.1. The number of nitrogens with zero attached hydrogens (tertiary/aromatic N) is 1. The van der Waals surface area contributed by atoms with E-state index in [1.807, 2.05) is 12.3 Å². The number of benzene rings is 1. The lowest BCUT2D eigenvalue weighted by Crippen LogP contribution is -2.05. The molecule has 1 aromatic heterocycles. The van der Waals surface area contributed by atoms with Gasteiger partial charge in [-0.15, -0.1) is 11.3 Å². The average molecular weight is 273 g/mol. The van der Waals surface area contributed by atoms with Crippen molar-refractivity contribution in [1.29, 1.82) is 0 Å². The maximum absolute atomic E-state index is 11.7. The van der Waals surface area contributed by atoms with Crippen LogP contribution in [0.3, 0.4) is 0 Å². The Morgan fingerprint density at radius 1 is 1.32 bits per heavy atom. The maximum Gasteiger partial charge on any atom is 0.315 e. The summed E-state index contributed by atoms with van der Waals surface area (Å²) in [4.78, 5) is 16.3. The molecule has 0 amide bonds. The minimum atomic E-state index is -0.189. The number of aromatic nitrogens is 1. The topological polar surface area (TPSA) is 39.2 Å². The summed E-state index contributed by atoms with van der Waals surface area (Å²) in [5.41, 5.74) is 3.17. The number of cyclic esters (lactones) is 1. The molecule has 2 atom stereocenters. The Kier molecular flexibility index (Phi) is 3.11. The maximum atomic E-state index is 11.7. The van der Waals surface area contributed by atoms with E-state index in [1.54, 1.807) is 11.3 Å². The van der Waals surface area contributed by atoms with Crippen molar-refractivity contribution in [2.75, 3.05) is 0 Å². The Morgan fingerprint density at radius 2 is 2.05 bits per heavy atom. The Hall–Kier alpha value is -1.68. The van der Waals surface area contributed by atoms with Crippen molar-refractivity contribution in [3.8, 4) is 10.6 Å². The number of ether oxygens (including phenoxy) is 1. The van der Waals surface area contributed by atoms with Crippen molar-refractivity contribution >= 4 is 17.3 Å². The Morgan fingerprint density at radius 3 is 2.68 bits per heavy atom. The van der Waals surface area contributed by atoms with Gasteiger partial charge in [0.1, 0.15) is 17.0 Å². The second kappa shape index (κ2) is 4.78. The lowest BCUT2D eigenvalue weighted by molar-refractivity contribution is -0.142.